The van der Waals surface area contributed by atoms with Crippen molar-refractivity contribution in [1.82, 2.24) is 10.6 Å². The van der Waals surface area contributed by atoms with Crippen molar-refractivity contribution >= 4 is 11.7 Å². The highest BCUT2D eigenvalue weighted by Gasteiger charge is 2.18. The number of para-hydroxylation sites is 1. The number of carbonyl (C=O) groups is 1. The van der Waals surface area contributed by atoms with Crippen LogP contribution in [-0.2, 0) is 0 Å². The largest absolute Gasteiger partial charge is 0.333 e. The summed E-state index contributed by atoms with van der Waals surface area (Å²) in [4.78, 5) is 11.5. The average Bonchev–Trinajstić information content (AvgIpc) is 2.16. The highest BCUT2D eigenvalue weighted by atomic mass is 16.2. The second-order valence-corrected chi connectivity index (χ2v) is 3.77. The summed E-state index contributed by atoms with van der Waals surface area (Å²) in [6.07, 6.45) is 0. The number of urea groups is 1. The topological polar surface area (TPSA) is 53.2 Å². The Morgan fingerprint density at radius 3 is 2.73 bits per heavy atom. The van der Waals surface area contributed by atoms with Crippen LogP contribution in [0.25, 0.3) is 0 Å². The maximum absolute atomic E-state index is 11.5. The van der Waals surface area contributed by atoms with Crippen molar-refractivity contribution in [2.24, 2.45) is 0 Å². The van der Waals surface area contributed by atoms with Crippen molar-refractivity contribution in [1.29, 1.82) is 0 Å². The molecule has 0 spiro atoms. The third-order valence-electron chi connectivity index (χ3n) is 2.51. The summed E-state index contributed by atoms with van der Waals surface area (Å²) in [6, 6.07) is 7.88. The molecule has 1 saturated heterocycles. The zero-order valence-electron chi connectivity index (χ0n) is 8.71. The molecule has 2 rings (SSSR count). The standard InChI is InChI=1S/C11H15N3O/c1-8-4-2-3-5-10(8)14-11(15)13-9-6-12-7-9/h2-5,9,12H,6-7H2,1H3,(H2,13,14,15). The van der Waals surface area contributed by atoms with E-state index in [0.29, 0.717) is 0 Å². The van der Waals surface area contributed by atoms with Crippen molar-refractivity contribution in [2.45, 2.75) is 13.0 Å². The number of rotatable bonds is 2. The SMILES string of the molecule is Cc1ccccc1NC(=O)NC1CNC1. The van der Waals surface area contributed by atoms with Gasteiger partial charge in [0.25, 0.3) is 0 Å². The van der Waals surface area contributed by atoms with Gasteiger partial charge in [0.15, 0.2) is 0 Å². The van der Waals surface area contributed by atoms with Crippen LogP contribution >= 0.6 is 0 Å². The van der Waals surface area contributed by atoms with Crippen LogP contribution in [0.4, 0.5) is 10.5 Å². The molecule has 1 aromatic rings. The van der Waals surface area contributed by atoms with E-state index in [1.807, 2.05) is 31.2 Å². The molecule has 0 saturated carbocycles. The predicted molar refractivity (Wildman–Crippen MR) is 60.0 cm³/mol. The van der Waals surface area contributed by atoms with Crippen molar-refractivity contribution in [2.75, 3.05) is 18.4 Å². The predicted octanol–water partition coefficient (Wildman–Crippen LogP) is 1.09. The van der Waals surface area contributed by atoms with Gasteiger partial charge in [0.05, 0.1) is 6.04 Å². The lowest BCUT2D eigenvalue weighted by molar-refractivity contribution is 0.243. The summed E-state index contributed by atoms with van der Waals surface area (Å²) >= 11 is 0. The van der Waals surface area contributed by atoms with E-state index in [2.05, 4.69) is 16.0 Å². The van der Waals surface area contributed by atoms with Crippen LogP contribution < -0.4 is 16.0 Å². The molecule has 1 aromatic carbocycles. The first-order valence-corrected chi connectivity index (χ1v) is 5.09. The van der Waals surface area contributed by atoms with Gasteiger partial charge < -0.3 is 16.0 Å². The van der Waals surface area contributed by atoms with Crippen LogP contribution in [0.3, 0.4) is 0 Å². The first-order valence-electron chi connectivity index (χ1n) is 5.09. The molecule has 0 aliphatic carbocycles. The molecule has 4 heteroatoms. The normalized spacial score (nSPS) is 15.5. The van der Waals surface area contributed by atoms with Gasteiger partial charge in [-0.05, 0) is 18.6 Å². The van der Waals surface area contributed by atoms with Gasteiger partial charge in [0, 0.05) is 18.8 Å². The zero-order chi connectivity index (χ0) is 10.7. The molecule has 0 aromatic heterocycles. The average molecular weight is 205 g/mol. The Morgan fingerprint density at radius 2 is 2.13 bits per heavy atom. The molecule has 0 radical (unpaired) electrons. The van der Waals surface area contributed by atoms with Crippen molar-refractivity contribution in [3.8, 4) is 0 Å². The summed E-state index contributed by atoms with van der Waals surface area (Å²) in [5, 5.41) is 8.81. The monoisotopic (exact) mass is 205 g/mol. The maximum atomic E-state index is 11.5. The summed E-state index contributed by atoms with van der Waals surface area (Å²) in [6.45, 7) is 3.70. The number of benzene rings is 1. The molecule has 80 valence electrons. The molecule has 2 amide bonds. The van der Waals surface area contributed by atoms with E-state index >= 15 is 0 Å². The zero-order valence-corrected chi connectivity index (χ0v) is 8.71. The molecule has 3 N–H and O–H groups in total. The Labute approximate surface area is 89.1 Å². The van der Waals surface area contributed by atoms with Gasteiger partial charge in [-0.15, -0.1) is 0 Å². The Hall–Kier alpha value is -1.55. The Balaban J connectivity index is 1.90. The van der Waals surface area contributed by atoms with Crippen LogP contribution in [0, 0.1) is 6.92 Å². The lowest BCUT2D eigenvalue weighted by Gasteiger charge is -2.28. The van der Waals surface area contributed by atoms with Gasteiger partial charge in [-0.1, -0.05) is 18.2 Å². The van der Waals surface area contributed by atoms with Gasteiger partial charge in [-0.2, -0.15) is 0 Å². The van der Waals surface area contributed by atoms with Gasteiger partial charge in [-0.3, -0.25) is 0 Å². The molecule has 4 nitrogen and oxygen atoms in total. The lowest BCUT2D eigenvalue weighted by atomic mass is 10.2. The van der Waals surface area contributed by atoms with Crippen LogP contribution in [0.2, 0.25) is 0 Å². The third kappa shape index (κ3) is 2.47. The molecular formula is C11H15N3O. The molecule has 0 atom stereocenters. The Kier molecular flexibility index (Phi) is 2.87. The molecule has 1 aliphatic rings. The highest BCUT2D eigenvalue weighted by Crippen LogP contribution is 2.12. The summed E-state index contributed by atoms with van der Waals surface area (Å²) < 4.78 is 0. The van der Waals surface area contributed by atoms with Crippen LogP contribution in [0.15, 0.2) is 24.3 Å². The minimum Gasteiger partial charge on any atom is -0.333 e. The van der Waals surface area contributed by atoms with Crippen molar-refractivity contribution in [3.63, 3.8) is 0 Å². The van der Waals surface area contributed by atoms with Crippen LogP contribution in [0.5, 0.6) is 0 Å². The number of hydrogen-bond acceptors (Lipinski definition) is 2. The van der Waals surface area contributed by atoms with Crippen LogP contribution in [-0.4, -0.2) is 25.2 Å². The Morgan fingerprint density at radius 1 is 1.40 bits per heavy atom. The third-order valence-corrected chi connectivity index (χ3v) is 2.51. The van der Waals surface area contributed by atoms with E-state index in [-0.39, 0.29) is 12.1 Å². The van der Waals surface area contributed by atoms with E-state index in [9.17, 15) is 4.79 Å². The molecule has 0 unspecified atom stereocenters. The minimum atomic E-state index is -0.129. The summed E-state index contributed by atoms with van der Waals surface area (Å²) in [7, 11) is 0. The molecule has 0 bridgehead atoms. The number of hydrogen-bond donors (Lipinski definition) is 3. The fourth-order valence-corrected chi connectivity index (χ4v) is 1.45. The van der Waals surface area contributed by atoms with Gasteiger partial charge in [0.1, 0.15) is 0 Å². The smallest absolute Gasteiger partial charge is 0.319 e. The molecule has 15 heavy (non-hydrogen) atoms. The van der Waals surface area contributed by atoms with E-state index in [0.717, 1.165) is 24.3 Å². The lowest BCUT2D eigenvalue weighted by Crippen LogP contribution is -2.57. The number of amides is 2. The van der Waals surface area contributed by atoms with E-state index in [1.54, 1.807) is 0 Å². The second kappa shape index (κ2) is 4.31. The van der Waals surface area contributed by atoms with Gasteiger partial charge >= 0.3 is 6.03 Å². The minimum absolute atomic E-state index is 0.129. The second-order valence-electron chi connectivity index (χ2n) is 3.77. The molecular weight excluding hydrogens is 190 g/mol. The van der Waals surface area contributed by atoms with E-state index in [1.165, 1.54) is 0 Å². The molecule has 1 fully saturated rings. The first kappa shape index (κ1) is 9.98. The van der Waals surface area contributed by atoms with Crippen molar-refractivity contribution in [3.05, 3.63) is 29.8 Å². The van der Waals surface area contributed by atoms with E-state index in [4.69, 9.17) is 0 Å². The number of nitrogens with one attached hydrogen (secondary N) is 3. The molecule has 1 aliphatic heterocycles. The summed E-state index contributed by atoms with van der Waals surface area (Å²) in [5.41, 5.74) is 1.93. The number of anilines is 1. The Bertz CT molecular complexity index is 361. The maximum Gasteiger partial charge on any atom is 0.319 e. The fraction of sp³-hybridized carbons (Fsp3) is 0.364. The van der Waals surface area contributed by atoms with Gasteiger partial charge in [0.2, 0.25) is 0 Å². The first-order chi connectivity index (χ1) is 7.25. The van der Waals surface area contributed by atoms with Gasteiger partial charge in [-0.25, -0.2) is 4.79 Å². The van der Waals surface area contributed by atoms with E-state index < -0.39 is 0 Å². The molecule has 1 heterocycles. The quantitative estimate of drug-likeness (QED) is 0.677. The highest BCUT2D eigenvalue weighted by molar-refractivity contribution is 5.90. The van der Waals surface area contributed by atoms with Crippen molar-refractivity contribution < 1.29 is 4.79 Å². The van der Waals surface area contributed by atoms with Crippen LogP contribution in [0.1, 0.15) is 5.56 Å². The number of carbonyl (C=O) groups excluding carboxylic acids is 1. The fourth-order valence-electron chi connectivity index (χ4n) is 1.45. The summed E-state index contributed by atoms with van der Waals surface area (Å²) in [5.74, 6) is 0. The number of aryl methyl sites for hydroxylation is 1.